The first-order valence-electron chi connectivity index (χ1n) is 10.3. The Labute approximate surface area is 177 Å². The van der Waals surface area contributed by atoms with Crippen LogP contribution in [0.1, 0.15) is 28.4 Å². The van der Waals surface area contributed by atoms with Gasteiger partial charge in [0.1, 0.15) is 5.52 Å². The zero-order valence-corrected chi connectivity index (χ0v) is 18.6. The van der Waals surface area contributed by atoms with Gasteiger partial charge in [0.05, 0.1) is 30.3 Å². The van der Waals surface area contributed by atoms with E-state index in [1.54, 1.807) is 14.2 Å². The van der Waals surface area contributed by atoms with E-state index in [-0.39, 0.29) is 6.04 Å². The first-order chi connectivity index (χ1) is 14.5. The second-order valence-corrected chi connectivity index (χ2v) is 8.08. The summed E-state index contributed by atoms with van der Waals surface area (Å²) in [5, 5.41) is 1.11. The summed E-state index contributed by atoms with van der Waals surface area (Å²) in [4.78, 5) is 9.80. The number of fused-ring (bicyclic) bond motifs is 3. The van der Waals surface area contributed by atoms with Crippen LogP contribution < -0.4 is 0 Å². The molecule has 0 unspecified atom stereocenters. The van der Waals surface area contributed by atoms with Crippen molar-refractivity contribution in [2.24, 2.45) is 0 Å². The van der Waals surface area contributed by atoms with Crippen LogP contribution in [0.3, 0.4) is 0 Å². The number of nitrogens with zero attached hydrogens (tertiary/aromatic N) is 3. The fourth-order valence-corrected chi connectivity index (χ4v) is 4.66. The van der Waals surface area contributed by atoms with E-state index in [4.69, 9.17) is 19.4 Å². The Bertz CT molecular complexity index is 1200. The van der Waals surface area contributed by atoms with Crippen molar-refractivity contribution in [3.63, 3.8) is 0 Å². The molecule has 5 heteroatoms. The van der Waals surface area contributed by atoms with Gasteiger partial charge in [0.15, 0.2) is 0 Å². The van der Waals surface area contributed by atoms with E-state index < -0.39 is 0 Å². The fraction of sp³-hybridized carbons (Fsp3) is 0.360. The topological polar surface area (TPSA) is 49.2 Å². The minimum Gasteiger partial charge on any atom is -0.382 e. The van der Waals surface area contributed by atoms with Gasteiger partial charge >= 0.3 is 0 Å². The maximum Gasteiger partial charge on any atom is 0.114 e. The van der Waals surface area contributed by atoms with E-state index in [1.807, 2.05) is 6.20 Å². The number of aryl methyl sites for hydroxylation is 4. The minimum absolute atomic E-state index is 0.0656. The van der Waals surface area contributed by atoms with Crippen molar-refractivity contribution in [3.8, 4) is 11.1 Å². The lowest BCUT2D eigenvalue weighted by molar-refractivity contribution is 0.0914. The SMILES string of the molecule is COCC(COC)n1ccc2c(C)nc3c(-c4c(C)cc(C)cc4C)ccnc3c21. The van der Waals surface area contributed by atoms with Gasteiger partial charge in [-0.3, -0.25) is 9.97 Å². The van der Waals surface area contributed by atoms with Crippen molar-refractivity contribution in [2.75, 3.05) is 27.4 Å². The van der Waals surface area contributed by atoms with Crippen LogP contribution in [0.5, 0.6) is 0 Å². The molecule has 0 saturated heterocycles. The molecule has 3 aromatic heterocycles. The molecule has 0 N–H and O–H groups in total. The predicted molar refractivity (Wildman–Crippen MR) is 122 cm³/mol. The van der Waals surface area contributed by atoms with Crippen LogP contribution in [0.15, 0.2) is 36.7 Å². The molecule has 156 valence electrons. The van der Waals surface area contributed by atoms with Gasteiger partial charge in [0, 0.05) is 43.3 Å². The maximum atomic E-state index is 5.47. The molecule has 3 heterocycles. The molecule has 0 aliphatic heterocycles. The number of hydrogen-bond donors (Lipinski definition) is 0. The fourth-order valence-electron chi connectivity index (χ4n) is 4.66. The Kier molecular flexibility index (Phi) is 5.58. The largest absolute Gasteiger partial charge is 0.382 e. The Hall–Kier alpha value is -2.76. The monoisotopic (exact) mass is 403 g/mol. The van der Waals surface area contributed by atoms with Crippen LogP contribution in [-0.4, -0.2) is 42.0 Å². The maximum absolute atomic E-state index is 5.47. The lowest BCUT2D eigenvalue weighted by atomic mass is 9.93. The van der Waals surface area contributed by atoms with Crippen LogP contribution in [0, 0.1) is 27.7 Å². The molecule has 0 fully saturated rings. The second kappa shape index (κ2) is 8.17. The normalized spacial score (nSPS) is 11.8. The molecule has 30 heavy (non-hydrogen) atoms. The third kappa shape index (κ3) is 3.38. The Morgan fingerprint density at radius 2 is 1.60 bits per heavy atom. The molecule has 4 aromatic rings. The molecule has 5 nitrogen and oxygen atoms in total. The smallest absolute Gasteiger partial charge is 0.114 e. The summed E-state index contributed by atoms with van der Waals surface area (Å²) in [7, 11) is 3.44. The van der Waals surface area contributed by atoms with E-state index in [0.29, 0.717) is 13.2 Å². The summed E-state index contributed by atoms with van der Waals surface area (Å²) < 4.78 is 13.2. The molecule has 0 bridgehead atoms. The molecule has 0 aliphatic carbocycles. The molecule has 1 aromatic carbocycles. The van der Waals surface area contributed by atoms with E-state index in [0.717, 1.165) is 33.2 Å². The van der Waals surface area contributed by atoms with Gasteiger partial charge in [-0.1, -0.05) is 17.7 Å². The van der Waals surface area contributed by atoms with Gasteiger partial charge in [-0.05, 0) is 56.5 Å². The third-order valence-corrected chi connectivity index (χ3v) is 5.79. The molecule has 4 rings (SSSR count). The van der Waals surface area contributed by atoms with Crippen LogP contribution in [0.2, 0.25) is 0 Å². The molecule has 0 atom stereocenters. The average molecular weight is 404 g/mol. The number of ether oxygens (including phenoxy) is 2. The minimum atomic E-state index is 0.0656. The zero-order chi connectivity index (χ0) is 21.4. The van der Waals surface area contributed by atoms with Crippen LogP contribution in [0.4, 0.5) is 0 Å². The van der Waals surface area contributed by atoms with Crippen molar-refractivity contribution in [3.05, 3.63) is 59.0 Å². The quantitative estimate of drug-likeness (QED) is 0.437. The van der Waals surface area contributed by atoms with Gasteiger partial charge in [-0.15, -0.1) is 0 Å². The molecular weight excluding hydrogens is 374 g/mol. The first kappa shape index (κ1) is 20.5. The molecule has 0 saturated carbocycles. The van der Waals surface area contributed by atoms with Crippen molar-refractivity contribution < 1.29 is 9.47 Å². The highest BCUT2D eigenvalue weighted by molar-refractivity contribution is 6.07. The Balaban J connectivity index is 2.05. The highest BCUT2D eigenvalue weighted by Crippen LogP contribution is 2.36. The van der Waals surface area contributed by atoms with E-state index in [2.05, 4.69) is 62.7 Å². The van der Waals surface area contributed by atoms with Crippen molar-refractivity contribution in [1.29, 1.82) is 0 Å². The standard InChI is InChI=1S/C25H29N3O2/c1-15-11-16(2)22(17(3)12-15)21-7-9-26-24-23(21)27-18(4)20-8-10-28(25(20)24)19(13-29-5)14-30-6/h7-12,19H,13-14H2,1-6H3. The summed E-state index contributed by atoms with van der Waals surface area (Å²) in [6, 6.07) is 8.73. The first-order valence-corrected chi connectivity index (χ1v) is 10.3. The summed E-state index contributed by atoms with van der Waals surface area (Å²) in [6.45, 7) is 9.68. The lowest BCUT2D eigenvalue weighted by Crippen LogP contribution is -2.19. The number of rotatable bonds is 6. The van der Waals surface area contributed by atoms with E-state index >= 15 is 0 Å². The van der Waals surface area contributed by atoms with Crippen molar-refractivity contribution in [1.82, 2.24) is 14.5 Å². The predicted octanol–water partition coefficient (Wildman–Crippen LogP) is 5.32. The Morgan fingerprint density at radius 3 is 2.23 bits per heavy atom. The highest BCUT2D eigenvalue weighted by Gasteiger charge is 2.20. The summed E-state index contributed by atoms with van der Waals surface area (Å²) in [5.41, 5.74) is 10.1. The number of pyridine rings is 2. The number of benzene rings is 1. The number of methoxy groups -OCH3 is 2. The van der Waals surface area contributed by atoms with Crippen LogP contribution >= 0.6 is 0 Å². The molecule has 0 radical (unpaired) electrons. The summed E-state index contributed by atoms with van der Waals surface area (Å²) in [6.07, 6.45) is 3.99. The summed E-state index contributed by atoms with van der Waals surface area (Å²) >= 11 is 0. The lowest BCUT2D eigenvalue weighted by Gasteiger charge is -2.20. The molecule has 0 aliphatic rings. The summed E-state index contributed by atoms with van der Waals surface area (Å²) in [5.74, 6) is 0. The zero-order valence-electron chi connectivity index (χ0n) is 18.6. The van der Waals surface area contributed by atoms with Gasteiger partial charge in [-0.2, -0.15) is 0 Å². The van der Waals surface area contributed by atoms with Gasteiger partial charge in [0.25, 0.3) is 0 Å². The van der Waals surface area contributed by atoms with Gasteiger partial charge < -0.3 is 14.0 Å². The molecular formula is C25H29N3O2. The van der Waals surface area contributed by atoms with E-state index in [1.165, 1.54) is 22.3 Å². The van der Waals surface area contributed by atoms with Crippen molar-refractivity contribution in [2.45, 2.75) is 33.7 Å². The number of hydrogen-bond acceptors (Lipinski definition) is 4. The van der Waals surface area contributed by atoms with Gasteiger partial charge in [0.2, 0.25) is 0 Å². The Morgan fingerprint density at radius 1 is 0.933 bits per heavy atom. The highest BCUT2D eigenvalue weighted by atomic mass is 16.5. The average Bonchev–Trinajstić information content (AvgIpc) is 3.14. The van der Waals surface area contributed by atoms with Crippen LogP contribution in [-0.2, 0) is 9.47 Å². The van der Waals surface area contributed by atoms with Gasteiger partial charge in [-0.25, -0.2) is 0 Å². The number of aromatic nitrogens is 3. The van der Waals surface area contributed by atoms with Crippen LogP contribution in [0.25, 0.3) is 33.1 Å². The molecule has 0 amide bonds. The van der Waals surface area contributed by atoms with E-state index in [9.17, 15) is 0 Å². The third-order valence-electron chi connectivity index (χ3n) is 5.79. The van der Waals surface area contributed by atoms with Crippen molar-refractivity contribution >= 4 is 21.9 Å². The second-order valence-electron chi connectivity index (χ2n) is 8.08. The molecule has 0 spiro atoms.